The highest BCUT2D eigenvalue weighted by atomic mass is 16.6. The Hall–Kier alpha value is -3.17. The summed E-state index contributed by atoms with van der Waals surface area (Å²) in [5, 5.41) is 2.56. The molecule has 0 aliphatic carbocycles. The summed E-state index contributed by atoms with van der Waals surface area (Å²) in [5.41, 5.74) is -0.169. The molecule has 1 saturated heterocycles. The van der Waals surface area contributed by atoms with Crippen molar-refractivity contribution in [1.82, 2.24) is 10.2 Å². The molecular formula is C21H29N3O7. The van der Waals surface area contributed by atoms with Gasteiger partial charge in [-0.25, -0.2) is 9.59 Å². The molecule has 170 valence electrons. The average molecular weight is 435 g/mol. The molecule has 0 bridgehead atoms. The van der Waals surface area contributed by atoms with E-state index in [0.717, 1.165) is 19.5 Å². The fourth-order valence-electron chi connectivity index (χ4n) is 3.00. The van der Waals surface area contributed by atoms with Crippen molar-refractivity contribution in [3.8, 4) is 11.5 Å². The van der Waals surface area contributed by atoms with Crippen LogP contribution in [0.4, 0.5) is 15.3 Å². The Kier molecular flexibility index (Phi) is 6.77. The molecule has 0 aromatic heterocycles. The lowest BCUT2D eigenvalue weighted by Gasteiger charge is -2.29. The summed E-state index contributed by atoms with van der Waals surface area (Å²) in [6.45, 7) is 6.97. The van der Waals surface area contributed by atoms with E-state index in [1.54, 1.807) is 50.9 Å². The topological polar surface area (TPSA) is 107 Å². The van der Waals surface area contributed by atoms with Gasteiger partial charge in [-0.3, -0.25) is 4.79 Å². The summed E-state index contributed by atoms with van der Waals surface area (Å²) in [6.07, 6.45) is -0.0203. The molecule has 10 heteroatoms. The highest BCUT2D eigenvalue weighted by Gasteiger charge is 2.32. The Balaban J connectivity index is 1.56. The van der Waals surface area contributed by atoms with E-state index in [9.17, 15) is 14.4 Å². The summed E-state index contributed by atoms with van der Waals surface area (Å²) in [4.78, 5) is 39.6. The van der Waals surface area contributed by atoms with Crippen molar-refractivity contribution in [1.29, 1.82) is 0 Å². The molecule has 1 atom stereocenters. The van der Waals surface area contributed by atoms with E-state index in [1.807, 2.05) is 0 Å². The van der Waals surface area contributed by atoms with Gasteiger partial charge in [0.2, 0.25) is 0 Å². The summed E-state index contributed by atoms with van der Waals surface area (Å²) in [6, 6.07) is 4.17. The first-order valence-electron chi connectivity index (χ1n) is 10.2. The summed E-state index contributed by atoms with van der Waals surface area (Å²) < 4.78 is 21.7. The molecule has 2 aliphatic rings. The molecule has 1 aromatic rings. The van der Waals surface area contributed by atoms with Gasteiger partial charge in [-0.1, -0.05) is 0 Å². The van der Waals surface area contributed by atoms with Gasteiger partial charge in [-0.05, 0) is 39.3 Å². The first-order chi connectivity index (χ1) is 14.6. The zero-order valence-electron chi connectivity index (χ0n) is 18.3. The van der Waals surface area contributed by atoms with Gasteiger partial charge in [0.15, 0.2) is 0 Å². The van der Waals surface area contributed by atoms with Gasteiger partial charge in [0.05, 0.1) is 5.69 Å². The minimum absolute atomic E-state index is 0.0257. The summed E-state index contributed by atoms with van der Waals surface area (Å²) in [7, 11) is 1.60. The first-order valence-corrected chi connectivity index (χ1v) is 10.2. The minimum atomic E-state index is -0.891. The van der Waals surface area contributed by atoms with Gasteiger partial charge in [0.1, 0.15) is 43.0 Å². The largest absolute Gasteiger partial charge is 0.490 e. The number of ether oxygens (including phenoxy) is 4. The number of rotatable bonds is 5. The number of alkyl carbamates (subject to hydrolysis) is 1. The molecule has 3 amide bonds. The van der Waals surface area contributed by atoms with Crippen molar-refractivity contribution in [2.75, 3.05) is 44.9 Å². The predicted molar refractivity (Wildman–Crippen MR) is 112 cm³/mol. The molecule has 2 aliphatic heterocycles. The van der Waals surface area contributed by atoms with Crippen molar-refractivity contribution >= 4 is 23.8 Å². The number of carbonyl (C=O) groups excluding carboxylic acids is 3. The van der Waals surface area contributed by atoms with Gasteiger partial charge in [-0.2, -0.15) is 0 Å². The van der Waals surface area contributed by atoms with Crippen molar-refractivity contribution in [3.05, 3.63) is 18.2 Å². The van der Waals surface area contributed by atoms with Crippen LogP contribution in [0, 0.1) is 0 Å². The normalized spacial score (nSPS) is 18.2. The Labute approximate surface area is 181 Å². The van der Waals surface area contributed by atoms with Crippen LogP contribution in [0.3, 0.4) is 0 Å². The lowest BCUT2D eigenvalue weighted by Crippen LogP contribution is -2.50. The van der Waals surface area contributed by atoms with Crippen LogP contribution in [-0.4, -0.2) is 74.6 Å². The number of hydrogen-bond donors (Lipinski definition) is 1. The quantitative estimate of drug-likeness (QED) is 0.707. The van der Waals surface area contributed by atoms with Crippen LogP contribution in [0.2, 0.25) is 0 Å². The summed E-state index contributed by atoms with van der Waals surface area (Å²) in [5.74, 6) is 0.645. The molecule has 10 nitrogen and oxygen atoms in total. The molecule has 1 aromatic carbocycles. The molecule has 0 saturated carbocycles. The second-order valence-corrected chi connectivity index (χ2v) is 8.34. The number of anilines is 1. The van der Waals surface area contributed by atoms with Crippen LogP contribution in [0.15, 0.2) is 18.2 Å². The molecule has 1 N–H and O–H groups in total. The maximum absolute atomic E-state index is 12.8. The van der Waals surface area contributed by atoms with Crippen molar-refractivity contribution in [2.45, 2.75) is 38.8 Å². The van der Waals surface area contributed by atoms with Gasteiger partial charge in [-0.15, -0.1) is 0 Å². The lowest BCUT2D eigenvalue weighted by molar-refractivity contribution is -0.120. The first kappa shape index (κ1) is 22.5. The number of hydrogen-bond acceptors (Lipinski definition) is 7. The number of nitrogens with zero attached hydrogens (tertiary/aromatic N) is 2. The average Bonchev–Trinajstić information content (AvgIpc) is 2.75. The maximum atomic E-state index is 12.8. The molecule has 0 radical (unpaired) electrons. The van der Waals surface area contributed by atoms with Crippen molar-refractivity contribution in [3.63, 3.8) is 0 Å². The van der Waals surface area contributed by atoms with E-state index in [-0.39, 0.29) is 31.8 Å². The van der Waals surface area contributed by atoms with Gasteiger partial charge in [0, 0.05) is 26.2 Å². The molecule has 0 unspecified atom stereocenters. The van der Waals surface area contributed by atoms with E-state index in [2.05, 4.69) is 5.32 Å². The van der Waals surface area contributed by atoms with E-state index in [0.29, 0.717) is 17.2 Å². The standard InChI is InChI=1S/C21H29N3O7/c1-21(2,3)31-19(26)22-15-13-30-17-7-6-14(12-16(17)23(4)18(15)25)28-10-11-29-20(27)24-8-5-9-24/h6-7,12,15H,5,8-11,13H2,1-4H3,(H,22,26)/t15-/m0/s1. The number of likely N-dealkylation sites (tertiary alicyclic amines) is 1. The number of amides is 3. The van der Waals surface area contributed by atoms with Crippen molar-refractivity contribution in [2.24, 2.45) is 0 Å². The molecule has 3 rings (SSSR count). The highest BCUT2D eigenvalue weighted by Crippen LogP contribution is 2.34. The number of likely N-dealkylation sites (N-methyl/N-ethyl adjacent to an activating group) is 1. The van der Waals surface area contributed by atoms with Gasteiger partial charge < -0.3 is 34.1 Å². The van der Waals surface area contributed by atoms with Crippen molar-refractivity contribution < 1.29 is 33.3 Å². The lowest BCUT2D eigenvalue weighted by atomic mass is 10.2. The fourth-order valence-corrected chi connectivity index (χ4v) is 3.00. The van der Waals surface area contributed by atoms with Crippen LogP contribution in [0.5, 0.6) is 11.5 Å². The van der Waals surface area contributed by atoms with Crippen LogP contribution in [0.25, 0.3) is 0 Å². The Bertz CT molecular complexity index is 833. The van der Waals surface area contributed by atoms with Gasteiger partial charge >= 0.3 is 12.2 Å². The Morgan fingerprint density at radius 1 is 1.23 bits per heavy atom. The maximum Gasteiger partial charge on any atom is 0.409 e. The van der Waals surface area contributed by atoms with Gasteiger partial charge in [0.25, 0.3) is 5.91 Å². The van der Waals surface area contributed by atoms with Crippen LogP contribution < -0.4 is 19.7 Å². The second kappa shape index (κ2) is 9.32. The number of fused-ring (bicyclic) bond motifs is 1. The Morgan fingerprint density at radius 3 is 2.61 bits per heavy atom. The van der Waals surface area contributed by atoms with E-state index < -0.39 is 17.7 Å². The molecule has 2 heterocycles. The molecule has 1 fully saturated rings. The van der Waals surface area contributed by atoms with E-state index >= 15 is 0 Å². The molecular weight excluding hydrogens is 406 g/mol. The Morgan fingerprint density at radius 2 is 1.97 bits per heavy atom. The number of benzene rings is 1. The van der Waals surface area contributed by atoms with Crippen LogP contribution in [0.1, 0.15) is 27.2 Å². The fraction of sp³-hybridized carbons (Fsp3) is 0.571. The minimum Gasteiger partial charge on any atom is -0.490 e. The smallest absolute Gasteiger partial charge is 0.409 e. The SMILES string of the molecule is CN1C(=O)[C@@H](NC(=O)OC(C)(C)C)COc2ccc(OCCOC(=O)N3CCC3)cc21. The summed E-state index contributed by atoms with van der Waals surface area (Å²) >= 11 is 0. The molecule has 0 spiro atoms. The second-order valence-electron chi connectivity index (χ2n) is 8.34. The third kappa shape index (κ3) is 5.93. The highest BCUT2D eigenvalue weighted by molar-refractivity contribution is 6.00. The third-order valence-corrected chi connectivity index (χ3v) is 4.71. The predicted octanol–water partition coefficient (Wildman–Crippen LogP) is 2.16. The number of carbonyl (C=O) groups is 3. The zero-order chi connectivity index (χ0) is 22.6. The number of nitrogens with one attached hydrogen (secondary N) is 1. The monoisotopic (exact) mass is 435 g/mol. The van der Waals surface area contributed by atoms with E-state index in [1.165, 1.54) is 4.90 Å². The third-order valence-electron chi connectivity index (χ3n) is 4.71. The molecule has 31 heavy (non-hydrogen) atoms. The zero-order valence-corrected chi connectivity index (χ0v) is 18.3. The van der Waals surface area contributed by atoms with Crippen LogP contribution in [-0.2, 0) is 14.3 Å². The van der Waals surface area contributed by atoms with Crippen LogP contribution >= 0.6 is 0 Å². The van der Waals surface area contributed by atoms with E-state index in [4.69, 9.17) is 18.9 Å².